The number of phenols is 1. The van der Waals surface area contributed by atoms with E-state index in [0.29, 0.717) is 11.3 Å². The van der Waals surface area contributed by atoms with E-state index in [1.165, 1.54) is 0 Å². The monoisotopic (exact) mass is 471 g/mol. The molecule has 2 aliphatic rings. The fourth-order valence-corrected chi connectivity index (χ4v) is 5.58. The van der Waals surface area contributed by atoms with Crippen LogP contribution in [0.4, 0.5) is 5.69 Å². The van der Waals surface area contributed by atoms with Gasteiger partial charge in [0.05, 0.1) is 23.0 Å². The smallest absolute Gasteiger partial charge is 0.233 e. The molecule has 3 aromatic rings. The Morgan fingerprint density at radius 1 is 1.06 bits per heavy atom. The summed E-state index contributed by atoms with van der Waals surface area (Å²) >= 11 is 0. The van der Waals surface area contributed by atoms with Crippen LogP contribution in [0.2, 0.25) is 0 Å². The van der Waals surface area contributed by atoms with Crippen molar-refractivity contribution in [3.63, 3.8) is 0 Å². The third kappa shape index (κ3) is 4.60. The fourth-order valence-electron chi connectivity index (χ4n) is 5.58. The van der Waals surface area contributed by atoms with Gasteiger partial charge in [-0.3, -0.25) is 4.79 Å². The molecule has 0 spiro atoms. The molecule has 3 heterocycles. The summed E-state index contributed by atoms with van der Waals surface area (Å²) in [7, 11) is 1.99. The minimum atomic E-state index is -0.529. The SMILES string of the molecule is CN(C(=O)C1(c2ccccc2)CCN(c2cnnc(-c3ccccc3O)c2)CC1)C1CCNCC1. The lowest BCUT2D eigenvalue weighted by atomic mass is 9.71. The summed E-state index contributed by atoms with van der Waals surface area (Å²) in [4.78, 5) is 18.4. The molecule has 7 heteroatoms. The zero-order chi connectivity index (χ0) is 24.3. The molecular weight excluding hydrogens is 438 g/mol. The number of hydrogen-bond donors (Lipinski definition) is 2. The molecule has 0 atom stereocenters. The third-order valence-electron chi connectivity index (χ3n) is 7.71. The van der Waals surface area contributed by atoms with Crippen LogP contribution < -0.4 is 10.2 Å². The number of aromatic nitrogens is 2. The Balaban J connectivity index is 1.39. The number of benzene rings is 2. The van der Waals surface area contributed by atoms with Crippen LogP contribution in [0.3, 0.4) is 0 Å². The molecule has 2 fully saturated rings. The van der Waals surface area contributed by atoms with Gasteiger partial charge in [0.15, 0.2) is 0 Å². The van der Waals surface area contributed by atoms with Crippen LogP contribution in [0.25, 0.3) is 11.3 Å². The van der Waals surface area contributed by atoms with E-state index in [4.69, 9.17) is 0 Å². The number of amides is 1. The number of rotatable bonds is 5. The van der Waals surface area contributed by atoms with Gasteiger partial charge in [0.1, 0.15) is 5.75 Å². The summed E-state index contributed by atoms with van der Waals surface area (Å²) in [6, 6.07) is 19.7. The molecule has 0 saturated carbocycles. The van der Waals surface area contributed by atoms with E-state index in [1.807, 2.05) is 48.3 Å². The average Bonchev–Trinajstić information content (AvgIpc) is 2.93. The Hall–Kier alpha value is -3.45. The molecule has 0 unspecified atom stereocenters. The molecule has 0 bridgehead atoms. The van der Waals surface area contributed by atoms with Crippen LogP contribution in [0.5, 0.6) is 5.75 Å². The quantitative estimate of drug-likeness (QED) is 0.592. The average molecular weight is 472 g/mol. The van der Waals surface area contributed by atoms with Crippen molar-refractivity contribution in [3.8, 4) is 17.0 Å². The second-order valence-electron chi connectivity index (χ2n) is 9.65. The number of nitrogens with zero attached hydrogens (tertiary/aromatic N) is 4. The number of piperidine rings is 2. The van der Waals surface area contributed by atoms with E-state index in [1.54, 1.807) is 18.3 Å². The maximum atomic E-state index is 14.1. The lowest BCUT2D eigenvalue weighted by Crippen LogP contribution is -2.55. The van der Waals surface area contributed by atoms with Crippen molar-refractivity contribution in [2.45, 2.75) is 37.1 Å². The van der Waals surface area contributed by atoms with Crippen LogP contribution in [0.15, 0.2) is 66.9 Å². The van der Waals surface area contributed by atoms with Gasteiger partial charge in [-0.2, -0.15) is 10.2 Å². The molecule has 2 saturated heterocycles. The molecule has 1 amide bonds. The van der Waals surface area contributed by atoms with E-state index >= 15 is 0 Å². The van der Waals surface area contributed by atoms with Crippen molar-refractivity contribution in [2.24, 2.45) is 0 Å². The van der Waals surface area contributed by atoms with E-state index < -0.39 is 5.41 Å². The Morgan fingerprint density at radius 3 is 2.46 bits per heavy atom. The number of carbonyl (C=O) groups is 1. The molecule has 35 heavy (non-hydrogen) atoms. The van der Waals surface area contributed by atoms with Crippen molar-refractivity contribution in [3.05, 3.63) is 72.4 Å². The molecule has 2 N–H and O–H groups in total. The first-order valence-corrected chi connectivity index (χ1v) is 12.5. The Labute approximate surface area is 206 Å². The molecule has 7 nitrogen and oxygen atoms in total. The fraction of sp³-hybridized carbons (Fsp3) is 0.393. The summed E-state index contributed by atoms with van der Waals surface area (Å²) in [6.07, 6.45) is 5.23. The van der Waals surface area contributed by atoms with Crippen LogP contribution in [-0.4, -0.2) is 65.4 Å². The third-order valence-corrected chi connectivity index (χ3v) is 7.71. The van der Waals surface area contributed by atoms with Crippen molar-refractivity contribution in [1.82, 2.24) is 20.4 Å². The Morgan fingerprint density at radius 2 is 1.74 bits per heavy atom. The topological polar surface area (TPSA) is 81.6 Å². The number of nitrogens with one attached hydrogen (secondary N) is 1. The van der Waals surface area contributed by atoms with E-state index in [2.05, 4.69) is 32.5 Å². The van der Waals surface area contributed by atoms with Crippen LogP contribution >= 0.6 is 0 Å². The second kappa shape index (κ2) is 10.0. The molecule has 2 aliphatic heterocycles. The van der Waals surface area contributed by atoms with Crippen molar-refractivity contribution >= 4 is 11.6 Å². The van der Waals surface area contributed by atoms with Crippen LogP contribution in [0.1, 0.15) is 31.2 Å². The molecule has 182 valence electrons. The van der Waals surface area contributed by atoms with Gasteiger partial charge in [0.2, 0.25) is 5.91 Å². The predicted molar refractivity (Wildman–Crippen MR) is 137 cm³/mol. The lowest BCUT2D eigenvalue weighted by Gasteiger charge is -2.45. The van der Waals surface area contributed by atoms with E-state index in [-0.39, 0.29) is 17.7 Å². The first-order valence-electron chi connectivity index (χ1n) is 12.5. The highest BCUT2D eigenvalue weighted by Crippen LogP contribution is 2.40. The van der Waals surface area contributed by atoms with Gasteiger partial charge in [-0.05, 0) is 62.5 Å². The van der Waals surface area contributed by atoms with Crippen molar-refractivity contribution in [2.75, 3.05) is 38.1 Å². The van der Waals surface area contributed by atoms with Crippen LogP contribution in [0, 0.1) is 0 Å². The zero-order valence-corrected chi connectivity index (χ0v) is 20.2. The first-order chi connectivity index (χ1) is 17.1. The summed E-state index contributed by atoms with van der Waals surface area (Å²) in [5, 5.41) is 22.1. The summed E-state index contributed by atoms with van der Waals surface area (Å²) in [5.74, 6) is 0.422. The molecule has 5 rings (SSSR count). The maximum absolute atomic E-state index is 14.1. The van der Waals surface area contributed by atoms with Gasteiger partial charge in [0, 0.05) is 31.7 Å². The highest BCUT2D eigenvalue weighted by molar-refractivity contribution is 5.89. The number of aromatic hydroxyl groups is 1. The Kier molecular flexibility index (Phi) is 6.68. The largest absolute Gasteiger partial charge is 0.507 e. The highest BCUT2D eigenvalue weighted by atomic mass is 16.3. The summed E-state index contributed by atoms with van der Waals surface area (Å²) < 4.78 is 0. The summed E-state index contributed by atoms with van der Waals surface area (Å²) in [5.41, 5.74) is 2.84. The van der Waals surface area contributed by atoms with Gasteiger partial charge in [-0.1, -0.05) is 42.5 Å². The van der Waals surface area contributed by atoms with Crippen LogP contribution in [-0.2, 0) is 10.2 Å². The number of likely N-dealkylation sites (N-methyl/N-ethyl adjacent to an activating group) is 1. The minimum absolute atomic E-state index is 0.187. The molecule has 0 radical (unpaired) electrons. The molecular formula is C28H33N5O2. The predicted octanol–water partition coefficient (Wildman–Crippen LogP) is 3.60. The Bertz CT molecular complexity index is 1150. The normalized spacial score (nSPS) is 18.3. The highest BCUT2D eigenvalue weighted by Gasteiger charge is 2.45. The molecule has 0 aliphatic carbocycles. The first kappa shape index (κ1) is 23.3. The maximum Gasteiger partial charge on any atom is 0.233 e. The number of hydrogen-bond acceptors (Lipinski definition) is 6. The number of phenolic OH excluding ortho intramolecular Hbond substituents is 1. The second-order valence-corrected chi connectivity index (χ2v) is 9.65. The van der Waals surface area contributed by atoms with Gasteiger partial charge in [-0.15, -0.1) is 0 Å². The van der Waals surface area contributed by atoms with Gasteiger partial charge in [-0.25, -0.2) is 0 Å². The molecule has 1 aromatic heterocycles. The standard InChI is InChI=1S/C28H33N5O2/c1-32(22-11-15-29-16-12-22)27(35)28(21-7-3-2-4-8-21)13-17-33(18-14-28)23-19-25(31-30-20-23)24-9-5-6-10-26(24)34/h2-10,19-20,22,29,34H,11-18H2,1H3. The minimum Gasteiger partial charge on any atom is -0.507 e. The molecule has 2 aromatic carbocycles. The van der Waals surface area contributed by atoms with Crippen molar-refractivity contribution in [1.29, 1.82) is 0 Å². The zero-order valence-electron chi connectivity index (χ0n) is 20.2. The number of para-hydroxylation sites is 1. The van der Waals surface area contributed by atoms with Crippen molar-refractivity contribution < 1.29 is 9.90 Å². The van der Waals surface area contributed by atoms with E-state index in [0.717, 1.165) is 63.1 Å². The lowest BCUT2D eigenvalue weighted by molar-refractivity contribution is -0.139. The summed E-state index contributed by atoms with van der Waals surface area (Å²) in [6.45, 7) is 3.41. The number of carbonyl (C=O) groups excluding carboxylic acids is 1. The van der Waals surface area contributed by atoms with Gasteiger partial charge >= 0.3 is 0 Å². The number of anilines is 1. The van der Waals surface area contributed by atoms with Gasteiger partial charge < -0.3 is 20.2 Å². The van der Waals surface area contributed by atoms with E-state index in [9.17, 15) is 9.90 Å². The van der Waals surface area contributed by atoms with Gasteiger partial charge in [0.25, 0.3) is 0 Å².